The van der Waals surface area contributed by atoms with Crippen molar-refractivity contribution in [1.29, 1.82) is 0 Å². The Morgan fingerprint density at radius 1 is 0.839 bits per heavy atom. The Labute approximate surface area is 207 Å². The van der Waals surface area contributed by atoms with Crippen LogP contribution in [0.15, 0.2) is 74.6 Å². The minimum absolute atomic E-state index is 0. The molecule has 31 heavy (non-hydrogen) atoms. The van der Waals surface area contributed by atoms with Crippen LogP contribution in [0.1, 0.15) is 48.0 Å². The summed E-state index contributed by atoms with van der Waals surface area (Å²) in [7, 11) is 0. The molecule has 0 heterocycles. The van der Waals surface area contributed by atoms with E-state index in [9.17, 15) is 0 Å². The van der Waals surface area contributed by atoms with Crippen molar-refractivity contribution in [3.05, 3.63) is 96.3 Å². The van der Waals surface area contributed by atoms with Crippen LogP contribution in [-0.4, -0.2) is 6.88 Å². The van der Waals surface area contributed by atoms with E-state index in [2.05, 4.69) is 86.3 Å². The zero-order valence-corrected chi connectivity index (χ0v) is 25.5. The predicted octanol–water partition coefficient (Wildman–Crippen LogP) is 8.26. The molecule has 0 saturated heterocycles. The number of allylic oxidation sites excluding steroid dienone is 5. The maximum Gasteiger partial charge on any atom is -0.147 e. The van der Waals surface area contributed by atoms with E-state index in [1.165, 1.54) is 22.3 Å². The topological polar surface area (TPSA) is 0 Å². The second-order valence-electron chi connectivity index (χ2n) is 10.0. The van der Waals surface area contributed by atoms with Crippen molar-refractivity contribution in [2.24, 2.45) is 5.92 Å². The van der Waals surface area contributed by atoms with Gasteiger partial charge in [0.15, 0.2) is 0 Å². The molecule has 4 rings (SSSR count). The Bertz CT molecular complexity index is 1200. The van der Waals surface area contributed by atoms with Crippen LogP contribution < -0.4 is 0 Å². The van der Waals surface area contributed by atoms with Gasteiger partial charge in [-0.15, -0.1) is 24.8 Å². The van der Waals surface area contributed by atoms with Crippen molar-refractivity contribution in [3.8, 4) is 0 Å². The second kappa shape index (κ2) is 9.11. The van der Waals surface area contributed by atoms with Gasteiger partial charge in [-0.3, -0.25) is 0 Å². The summed E-state index contributed by atoms with van der Waals surface area (Å²) in [6, 6.07) is 17.3. The van der Waals surface area contributed by atoms with Crippen molar-refractivity contribution < 1.29 is 17.4 Å². The van der Waals surface area contributed by atoms with Gasteiger partial charge < -0.3 is 0 Å². The van der Waals surface area contributed by atoms with Gasteiger partial charge in [-0.2, -0.15) is 0 Å². The summed E-state index contributed by atoms with van der Waals surface area (Å²) in [4.78, 5) is 0. The van der Waals surface area contributed by atoms with Crippen molar-refractivity contribution in [2.75, 3.05) is 0 Å². The zero-order chi connectivity index (χ0) is 21.2. The molecule has 2 aliphatic carbocycles. The molecule has 2 unspecified atom stereocenters. The molecular formula is C26H33Cl3SiZr. The van der Waals surface area contributed by atoms with E-state index in [1.54, 1.807) is 14.4 Å². The van der Waals surface area contributed by atoms with E-state index in [-0.39, 0.29) is 24.8 Å². The first-order valence-electron chi connectivity index (χ1n) is 10.6. The van der Waals surface area contributed by atoms with E-state index in [0.29, 0.717) is 9.54 Å². The fourth-order valence-corrected chi connectivity index (χ4v) is 24.6. The summed E-state index contributed by atoms with van der Waals surface area (Å²) in [5.74, 6) is 0.568. The summed E-state index contributed by atoms with van der Waals surface area (Å²) in [6.45, 7) is 11.8. The summed E-state index contributed by atoms with van der Waals surface area (Å²) in [5.41, 5.74) is 10.00. The van der Waals surface area contributed by atoms with Crippen LogP contribution in [0.4, 0.5) is 0 Å². The van der Waals surface area contributed by atoms with Crippen LogP contribution in [0, 0.1) is 5.92 Å². The van der Waals surface area contributed by atoms with E-state index in [4.69, 9.17) is 11.6 Å². The van der Waals surface area contributed by atoms with Gasteiger partial charge in [0.05, 0.1) is 0 Å². The normalized spacial score (nSPS) is 20.8. The molecule has 166 valence electrons. The van der Waals surface area contributed by atoms with Crippen LogP contribution in [0.5, 0.6) is 0 Å². The van der Waals surface area contributed by atoms with Crippen LogP contribution in [0.2, 0.25) is 14.3 Å². The summed E-state index contributed by atoms with van der Waals surface area (Å²) in [5, 5.41) is 0.841. The predicted molar refractivity (Wildman–Crippen MR) is 143 cm³/mol. The molecule has 0 aliphatic heterocycles. The Balaban J connectivity index is 0.00000171. The molecule has 0 radical (unpaired) electrons. The van der Waals surface area contributed by atoms with Crippen LogP contribution in [-0.2, 0) is 17.4 Å². The maximum absolute atomic E-state index is 6.64. The molecular weight excluding hydrogens is 538 g/mol. The molecule has 0 N–H and O–H groups in total. The largest absolute Gasteiger partial charge is 0.147 e. The molecule has 0 aromatic heterocycles. The fourth-order valence-electron chi connectivity index (χ4n) is 5.90. The quantitative estimate of drug-likeness (QED) is 0.326. The first-order chi connectivity index (χ1) is 13.5. The molecule has 0 amide bonds. The number of fused-ring (bicyclic) bond motifs is 1. The van der Waals surface area contributed by atoms with Gasteiger partial charge in [0.1, 0.15) is 0 Å². The third-order valence-electron chi connectivity index (χ3n) is 7.61. The second-order valence-corrected chi connectivity index (χ2v) is 39.9. The molecule has 0 saturated carbocycles. The van der Waals surface area contributed by atoms with Gasteiger partial charge in [-0.05, 0) is 0 Å². The molecule has 0 spiro atoms. The molecule has 2 aliphatic rings. The van der Waals surface area contributed by atoms with Gasteiger partial charge in [0, 0.05) is 0 Å². The maximum atomic E-state index is 6.64. The molecule has 0 fully saturated rings. The Morgan fingerprint density at radius 3 is 1.94 bits per heavy atom. The van der Waals surface area contributed by atoms with E-state index in [0.717, 1.165) is 10.6 Å². The zero-order valence-electron chi connectivity index (χ0n) is 19.3. The van der Waals surface area contributed by atoms with Crippen molar-refractivity contribution in [1.82, 2.24) is 0 Å². The van der Waals surface area contributed by atoms with Gasteiger partial charge in [0.2, 0.25) is 0 Å². The van der Waals surface area contributed by atoms with Gasteiger partial charge in [0.25, 0.3) is 0 Å². The molecule has 2 atom stereocenters. The molecule has 5 heteroatoms. The van der Waals surface area contributed by atoms with Crippen molar-refractivity contribution in [3.63, 3.8) is 0 Å². The Morgan fingerprint density at radius 2 is 1.39 bits per heavy atom. The first-order valence-corrected chi connectivity index (χ1v) is 24.4. The fraction of sp³-hybridized carbons (Fsp3) is 0.308. The number of rotatable bonds is 3. The summed E-state index contributed by atoms with van der Waals surface area (Å²) in [6.07, 6.45) is 2.57. The van der Waals surface area contributed by atoms with Crippen molar-refractivity contribution >= 4 is 48.9 Å². The minimum Gasteiger partial charge on any atom is -0.147 e. The molecule has 2 aromatic rings. The third-order valence-corrected chi connectivity index (χ3v) is 25.2. The average molecular weight is 571 g/mol. The number of benzene rings is 2. The smallest absolute Gasteiger partial charge is 0.147 e. The average Bonchev–Trinajstić information content (AvgIpc) is 3.15. The number of halogens is 3. The van der Waals surface area contributed by atoms with Gasteiger partial charge >= 0.3 is 184 Å². The monoisotopic (exact) mass is 568 g/mol. The standard InChI is InChI=1S/C15H10Cl.C9H13.2CH3.2ClH.H2Si.Zr/c16-15-8-4-3-7-14(15)13-10-9-11-5-1-2-6-12(11)13;1-6-5-7(2)9(4)8(6)3;;;;;;/h1-10H;6H,1-4H3;2*1H3;2*1H;1H2;. The van der Waals surface area contributed by atoms with Gasteiger partial charge in [-0.25, -0.2) is 0 Å². The summed E-state index contributed by atoms with van der Waals surface area (Å²) >= 11 is 3.29. The molecule has 0 nitrogen and oxygen atoms in total. The van der Waals surface area contributed by atoms with E-state index < -0.39 is 17.4 Å². The third kappa shape index (κ3) is 4.17. The minimum atomic E-state index is -3.35. The number of hydrogen-bond donors (Lipinski definition) is 0. The van der Waals surface area contributed by atoms with Crippen LogP contribution in [0.3, 0.4) is 0 Å². The SMILES string of the molecule is CC1=C(C)C(C)[C]([Zr]([CH3])([CH3])(=[SiH2])[CH]2C=C(c3ccccc3Cl)c3ccccc32)=C1C.Cl.Cl. The van der Waals surface area contributed by atoms with Gasteiger partial charge in [-0.1, -0.05) is 0 Å². The summed E-state index contributed by atoms with van der Waals surface area (Å²) < 4.78 is 7.61. The van der Waals surface area contributed by atoms with E-state index in [1.807, 2.05) is 12.1 Å². The Kier molecular flexibility index (Phi) is 7.90. The molecule has 2 aromatic carbocycles. The molecule has 0 bridgehead atoms. The van der Waals surface area contributed by atoms with Crippen molar-refractivity contribution in [2.45, 2.75) is 40.6 Å². The van der Waals surface area contributed by atoms with E-state index >= 15 is 0 Å². The van der Waals surface area contributed by atoms with Crippen LogP contribution >= 0.6 is 36.4 Å². The Hall–Kier alpha value is -0.370. The van der Waals surface area contributed by atoms with Crippen LogP contribution in [0.25, 0.3) is 5.57 Å². The number of hydrogen-bond acceptors (Lipinski definition) is 0. The first kappa shape index (κ1) is 26.9.